The Balaban J connectivity index is 0.000000720. The number of hydrogen-bond donors (Lipinski definition) is 1. The van der Waals surface area contributed by atoms with E-state index in [0.29, 0.717) is 22.2 Å². The fourth-order valence-electron chi connectivity index (χ4n) is 0.933. The van der Waals surface area contributed by atoms with Crippen molar-refractivity contribution in [3.8, 4) is 11.5 Å². The number of fused-ring (bicyclic) bond motifs is 1. The van der Waals surface area contributed by atoms with Crippen LogP contribution >= 0.6 is 24.0 Å². The number of nitrogen functional groups attached to an aromatic ring is 1. The van der Waals surface area contributed by atoms with Crippen molar-refractivity contribution in [2.75, 3.05) is 12.5 Å². The van der Waals surface area contributed by atoms with Gasteiger partial charge in [-0.25, -0.2) is 0 Å². The van der Waals surface area contributed by atoms with E-state index >= 15 is 0 Å². The molecule has 1 aliphatic heterocycles. The van der Waals surface area contributed by atoms with Gasteiger partial charge in [0.2, 0.25) is 6.79 Å². The molecule has 0 saturated carbocycles. The zero-order valence-electron chi connectivity index (χ0n) is 6.04. The van der Waals surface area contributed by atoms with Crippen LogP contribution in [0.1, 0.15) is 0 Å². The zero-order valence-corrected chi connectivity index (χ0v) is 7.61. The number of halogens is 2. The summed E-state index contributed by atoms with van der Waals surface area (Å²) in [5, 5.41) is 0.495. The highest BCUT2D eigenvalue weighted by Gasteiger charge is 2.14. The third-order valence-electron chi connectivity index (χ3n) is 1.49. The van der Waals surface area contributed by atoms with Gasteiger partial charge in [0.1, 0.15) is 0 Å². The van der Waals surface area contributed by atoms with E-state index in [-0.39, 0.29) is 19.2 Å². The quantitative estimate of drug-likeness (QED) is 0.663. The van der Waals surface area contributed by atoms with E-state index in [0.717, 1.165) is 0 Å². The number of ether oxygens (including phenoxy) is 2. The summed E-state index contributed by atoms with van der Waals surface area (Å²) in [6, 6.07) is 3.31. The zero-order chi connectivity index (χ0) is 7.84. The Kier molecular flexibility index (Phi) is 2.55. The minimum Gasteiger partial charge on any atom is -0.454 e. The summed E-state index contributed by atoms with van der Waals surface area (Å²) < 4.78 is 10.1. The fraction of sp³-hybridized carbons (Fsp3) is 0.143. The van der Waals surface area contributed by atoms with Gasteiger partial charge in [0.05, 0.1) is 10.7 Å². The fourth-order valence-corrected chi connectivity index (χ4v) is 1.09. The Morgan fingerprint density at radius 2 is 1.83 bits per heavy atom. The molecular weight excluding hydrogens is 201 g/mol. The van der Waals surface area contributed by atoms with Crippen LogP contribution in [-0.4, -0.2) is 6.79 Å². The summed E-state index contributed by atoms with van der Waals surface area (Å²) in [5.74, 6) is 1.32. The smallest absolute Gasteiger partial charge is 0.231 e. The Morgan fingerprint density at radius 3 is 2.50 bits per heavy atom. The second-order valence-electron chi connectivity index (χ2n) is 2.23. The van der Waals surface area contributed by atoms with Crippen LogP contribution in [-0.2, 0) is 0 Å². The van der Waals surface area contributed by atoms with Gasteiger partial charge in [-0.05, 0) is 0 Å². The molecule has 0 spiro atoms. The minimum atomic E-state index is 0. The molecule has 0 amide bonds. The topological polar surface area (TPSA) is 44.5 Å². The molecule has 1 aromatic rings. The van der Waals surface area contributed by atoms with E-state index < -0.39 is 0 Å². The van der Waals surface area contributed by atoms with Crippen LogP contribution in [0, 0.1) is 0 Å². The monoisotopic (exact) mass is 207 g/mol. The van der Waals surface area contributed by atoms with Gasteiger partial charge in [-0.15, -0.1) is 12.4 Å². The molecule has 12 heavy (non-hydrogen) atoms. The molecule has 5 heteroatoms. The molecule has 1 heterocycles. The first-order valence-corrected chi connectivity index (χ1v) is 3.50. The van der Waals surface area contributed by atoms with Crippen molar-refractivity contribution < 1.29 is 9.47 Å². The lowest BCUT2D eigenvalue weighted by Gasteiger charge is -1.99. The van der Waals surface area contributed by atoms with E-state index in [1.54, 1.807) is 12.1 Å². The Bertz CT molecular complexity index is 275. The maximum absolute atomic E-state index is 5.73. The van der Waals surface area contributed by atoms with Crippen molar-refractivity contribution >= 4 is 29.7 Å². The molecule has 66 valence electrons. The van der Waals surface area contributed by atoms with E-state index in [1.807, 2.05) is 0 Å². The summed E-state index contributed by atoms with van der Waals surface area (Å²) in [4.78, 5) is 0. The van der Waals surface area contributed by atoms with Crippen molar-refractivity contribution in [2.24, 2.45) is 0 Å². The molecule has 0 saturated heterocycles. The average Bonchev–Trinajstić information content (AvgIpc) is 2.36. The number of rotatable bonds is 0. The van der Waals surface area contributed by atoms with E-state index in [4.69, 9.17) is 26.8 Å². The highest BCUT2D eigenvalue weighted by molar-refractivity contribution is 6.33. The minimum absolute atomic E-state index is 0. The molecule has 0 unspecified atom stereocenters. The van der Waals surface area contributed by atoms with Crippen LogP contribution in [0.3, 0.4) is 0 Å². The molecule has 0 aromatic heterocycles. The first-order chi connectivity index (χ1) is 5.27. The van der Waals surface area contributed by atoms with Gasteiger partial charge in [0, 0.05) is 12.1 Å². The van der Waals surface area contributed by atoms with Crippen LogP contribution in [0.4, 0.5) is 5.69 Å². The molecule has 2 N–H and O–H groups in total. The second kappa shape index (κ2) is 3.29. The van der Waals surface area contributed by atoms with E-state index in [2.05, 4.69) is 0 Å². The predicted octanol–water partition coefficient (Wildman–Crippen LogP) is 2.07. The molecule has 0 fully saturated rings. The highest BCUT2D eigenvalue weighted by Crippen LogP contribution is 2.37. The van der Waals surface area contributed by atoms with E-state index in [1.165, 1.54) is 0 Å². The lowest BCUT2D eigenvalue weighted by Crippen LogP contribution is -1.92. The molecule has 0 aliphatic carbocycles. The molecule has 1 aliphatic rings. The number of benzene rings is 1. The predicted molar refractivity (Wildman–Crippen MR) is 49.2 cm³/mol. The summed E-state index contributed by atoms with van der Waals surface area (Å²) in [6.45, 7) is 0.245. The van der Waals surface area contributed by atoms with Crippen molar-refractivity contribution in [3.05, 3.63) is 17.2 Å². The molecule has 2 rings (SSSR count). The number of anilines is 1. The van der Waals surface area contributed by atoms with Crippen molar-refractivity contribution in [1.82, 2.24) is 0 Å². The highest BCUT2D eigenvalue weighted by atomic mass is 35.5. The number of hydrogen-bond acceptors (Lipinski definition) is 3. The molecule has 0 radical (unpaired) electrons. The van der Waals surface area contributed by atoms with Gasteiger partial charge in [-0.1, -0.05) is 11.6 Å². The summed E-state index contributed by atoms with van der Waals surface area (Å²) in [5.41, 5.74) is 6.04. The first-order valence-electron chi connectivity index (χ1n) is 3.12. The Labute approximate surface area is 80.8 Å². The van der Waals surface area contributed by atoms with Crippen LogP contribution in [0.15, 0.2) is 12.1 Å². The third kappa shape index (κ3) is 1.38. The molecule has 3 nitrogen and oxygen atoms in total. The van der Waals surface area contributed by atoms with Gasteiger partial charge >= 0.3 is 0 Å². The first kappa shape index (κ1) is 9.29. The summed E-state index contributed by atoms with van der Waals surface area (Å²) >= 11 is 5.73. The standard InChI is InChI=1S/C7H6ClNO2.ClH/c8-4-1-6-7(2-5(4)9)11-3-10-6;/h1-2H,3,9H2;1H. The van der Waals surface area contributed by atoms with Gasteiger partial charge in [-0.3, -0.25) is 0 Å². The molecular formula is C7H7Cl2NO2. The SMILES string of the molecule is Cl.Nc1cc2c(cc1Cl)OCO2. The van der Waals surface area contributed by atoms with Gasteiger partial charge in [0.15, 0.2) is 11.5 Å². The maximum atomic E-state index is 5.73. The van der Waals surface area contributed by atoms with Crippen molar-refractivity contribution in [2.45, 2.75) is 0 Å². The van der Waals surface area contributed by atoms with Crippen LogP contribution in [0.25, 0.3) is 0 Å². The van der Waals surface area contributed by atoms with Gasteiger partial charge in [-0.2, -0.15) is 0 Å². The molecule has 0 atom stereocenters. The molecule has 0 bridgehead atoms. The largest absolute Gasteiger partial charge is 0.454 e. The Hall–Kier alpha value is -0.800. The molecule has 1 aromatic carbocycles. The summed E-state index contributed by atoms with van der Waals surface area (Å²) in [6.07, 6.45) is 0. The summed E-state index contributed by atoms with van der Waals surface area (Å²) in [7, 11) is 0. The van der Waals surface area contributed by atoms with Gasteiger partial charge < -0.3 is 15.2 Å². The van der Waals surface area contributed by atoms with Crippen molar-refractivity contribution in [3.63, 3.8) is 0 Å². The van der Waals surface area contributed by atoms with E-state index in [9.17, 15) is 0 Å². The maximum Gasteiger partial charge on any atom is 0.231 e. The van der Waals surface area contributed by atoms with Crippen LogP contribution in [0.2, 0.25) is 5.02 Å². The lowest BCUT2D eigenvalue weighted by atomic mass is 10.3. The normalized spacial score (nSPS) is 12.4. The lowest BCUT2D eigenvalue weighted by molar-refractivity contribution is 0.174. The van der Waals surface area contributed by atoms with Crippen LogP contribution in [0.5, 0.6) is 11.5 Å². The third-order valence-corrected chi connectivity index (χ3v) is 1.82. The van der Waals surface area contributed by atoms with Crippen molar-refractivity contribution in [1.29, 1.82) is 0 Å². The number of nitrogens with two attached hydrogens (primary N) is 1. The second-order valence-corrected chi connectivity index (χ2v) is 2.63. The Morgan fingerprint density at radius 1 is 1.25 bits per heavy atom. The van der Waals surface area contributed by atoms with Gasteiger partial charge in [0.25, 0.3) is 0 Å². The average molecular weight is 208 g/mol. The van der Waals surface area contributed by atoms with Crippen LogP contribution < -0.4 is 15.2 Å².